The first-order valence-electron chi connectivity index (χ1n) is 8.87. The predicted molar refractivity (Wildman–Crippen MR) is 98.8 cm³/mol. The fourth-order valence-corrected chi connectivity index (χ4v) is 3.85. The van der Waals surface area contributed by atoms with E-state index in [9.17, 15) is 14.7 Å². The van der Waals surface area contributed by atoms with Crippen LogP contribution in [0.1, 0.15) is 47.6 Å². The molecule has 0 radical (unpaired) electrons. The third-order valence-electron chi connectivity index (χ3n) is 5.41. The summed E-state index contributed by atoms with van der Waals surface area (Å²) in [6.45, 7) is 3.51. The number of nitrogens with zero attached hydrogens (tertiary/aromatic N) is 3. The van der Waals surface area contributed by atoms with Gasteiger partial charge in [0.05, 0.1) is 11.2 Å². The first-order valence-corrected chi connectivity index (χ1v) is 8.87. The lowest BCUT2D eigenvalue weighted by molar-refractivity contribution is 0.0695. The van der Waals surface area contributed by atoms with Gasteiger partial charge in [-0.05, 0) is 37.5 Å². The molecule has 0 atom stereocenters. The number of hydrogen-bond donors (Lipinski definition) is 2. The molecule has 2 N–H and O–H groups in total. The standard InChI is InChI=1S/C19H21N3O4/c1-11-16(21-8-6-12(20-26)7-9-21)5-4-14-17(11)22(13-2-3-13)10-15(18(14)23)19(24)25/h4-5,10,13,26H,2-3,6-9H2,1H3,(H,24,25). The van der Waals surface area contributed by atoms with Crippen molar-refractivity contribution in [3.05, 3.63) is 39.7 Å². The summed E-state index contributed by atoms with van der Waals surface area (Å²) in [6.07, 6.45) is 4.93. The zero-order chi connectivity index (χ0) is 18.4. The predicted octanol–water partition coefficient (Wildman–Crippen LogP) is 2.77. The second kappa shape index (κ2) is 6.16. The number of oxime groups is 1. The largest absolute Gasteiger partial charge is 0.477 e. The second-order valence-corrected chi connectivity index (χ2v) is 7.07. The lowest BCUT2D eigenvalue weighted by Crippen LogP contribution is -2.34. The van der Waals surface area contributed by atoms with Crippen LogP contribution < -0.4 is 10.3 Å². The van der Waals surface area contributed by atoms with Crippen molar-refractivity contribution in [2.45, 2.75) is 38.6 Å². The number of rotatable bonds is 3. The van der Waals surface area contributed by atoms with Gasteiger partial charge in [-0.2, -0.15) is 0 Å². The highest BCUT2D eigenvalue weighted by Gasteiger charge is 2.28. The summed E-state index contributed by atoms with van der Waals surface area (Å²) in [6, 6.07) is 3.92. The minimum absolute atomic E-state index is 0.168. The van der Waals surface area contributed by atoms with Crippen LogP contribution in [-0.2, 0) is 0 Å². The molecule has 0 spiro atoms. The number of anilines is 1. The molecule has 1 aliphatic carbocycles. The topological polar surface area (TPSA) is 95.1 Å². The Morgan fingerprint density at radius 2 is 1.92 bits per heavy atom. The fourth-order valence-electron chi connectivity index (χ4n) is 3.85. The van der Waals surface area contributed by atoms with Crippen LogP contribution in [0.4, 0.5) is 5.69 Å². The van der Waals surface area contributed by atoms with Gasteiger partial charge in [0.1, 0.15) is 5.56 Å². The highest BCUT2D eigenvalue weighted by molar-refractivity contribution is 5.95. The van der Waals surface area contributed by atoms with Crippen molar-refractivity contribution in [2.75, 3.05) is 18.0 Å². The average Bonchev–Trinajstić information content (AvgIpc) is 3.47. The van der Waals surface area contributed by atoms with Crippen LogP contribution in [0.2, 0.25) is 0 Å². The minimum Gasteiger partial charge on any atom is -0.477 e. The van der Waals surface area contributed by atoms with Crippen LogP contribution in [0.5, 0.6) is 0 Å². The summed E-state index contributed by atoms with van der Waals surface area (Å²) < 4.78 is 1.98. The molecule has 1 saturated heterocycles. The van der Waals surface area contributed by atoms with Gasteiger partial charge in [0.2, 0.25) is 5.43 Å². The van der Waals surface area contributed by atoms with Crippen molar-refractivity contribution in [3.63, 3.8) is 0 Å². The van der Waals surface area contributed by atoms with Gasteiger partial charge in [-0.25, -0.2) is 4.79 Å². The van der Waals surface area contributed by atoms with Gasteiger partial charge >= 0.3 is 5.97 Å². The minimum atomic E-state index is -1.18. The molecule has 1 aliphatic heterocycles. The SMILES string of the molecule is Cc1c(N2CCC(=NO)CC2)ccc2c(=O)c(C(=O)O)cn(C3CC3)c12. The Hall–Kier alpha value is -2.83. The van der Waals surface area contributed by atoms with Crippen LogP contribution in [-0.4, -0.2) is 39.7 Å². The number of carbonyl (C=O) groups is 1. The zero-order valence-electron chi connectivity index (χ0n) is 14.6. The maximum absolute atomic E-state index is 12.6. The van der Waals surface area contributed by atoms with Gasteiger partial charge in [-0.15, -0.1) is 0 Å². The Kier molecular flexibility index (Phi) is 3.94. The first-order chi connectivity index (χ1) is 12.5. The quantitative estimate of drug-likeness (QED) is 0.652. The maximum Gasteiger partial charge on any atom is 0.341 e. The van der Waals surface area contributed by atoms with Crippen molar-refractivity contribution in [2.24, 2.45) is 5.16 Å². The monoisotopic (exact) mass is 355 g/mol. The highest BCUT2D eigenvalue weighted by atomic mass is 16.4. The number of carboxylic acid groups (broad SMARTS) is 1. The Morgan fingerprint density at radius 1 is 1.23 bits per heavy atom. The van der Waals surface area contributed by atoms with E-state index in [0.717, 1.165) is 48.4 Å². The molecule has 2 heterocycles. The van der Waals surface area contributed by atoms with Crippen LogP contribution >= 0.6 is 0 Å². The summed E-state index contributed by atoms with van der Waals surface area (Å²) in [5, 5.41) is 22.1. The Balaban J connectivity index is 1.87. The molecular weight excluding hydrogens is 334 g/mol. The molecule has 2 aliphatic rings. The number of aromatic carboxylic acids is 1. The van der Waals surface area contributed by atoms with Crippen molar-refractivity contribution in [1.29, 1.82) is 0 Å². The molecule has 1 saturated carbocycles. The number of piperidine rings is 1. The molecule has 0 amide bonds. The van der Waals surface area contributed by atoms with E-state index in [1.165, 1.54) is 6.20 Å². The van der Waals surface area contributed by atoms with Gasteiger partial charge in [0, 0.05) is 49.2 Å². The number of hydrogen-bond acceptors (Lipinski definition) is 5. The number of benzene rings is 1. The molecule has 136 valence electrons. The average molecular weight is 355 g/mol. The third kappa shape index (κ3) is 2.64. The van der Waals surface area contributed by atoms with E-state index in [4.69, 9.17) is 5.21 Å². The van der Waals surface area contributed by atoms with E-state index in [2.05, 4.69) is 10.1 Å². The number of fused-ring (bicyclic) bond motifs is 1. The van der Waals surface area contributed by atoms with Crippen molar-refractivity contribution in [1.82, 2.24) is 4.57 Å². The fraction of sp³-hybridized carbons (Fsp3) is 0.421. The lowest BCUT2D eigenvalue weighted by atomic mass is 10.0. The summed E-state index contributed by atoms with van der Waals surface area (Å²) in [4.78, 5) is 26.3. The molecule has 7 nitrogen and oxygen atoms in total. The number of aromatic nitrogens is 1. The molecule has 7 heteroatoms. The van der Waals surface area contributed by atoms with Crippen LogP contribution in [0.25, 0.3) is 10.9 Å². The number of carboxylic acids is 1. The van der Waals surface area contributed by atoms with E-state index in [1.54, 1.807) is 6.07 Å². The Morgan fingerprint density at radius 3 is 2.50 bits per heavy atom. The van der Waals surface area contributed by atoms with E-state index in [1.807, 2.05) is 17.6 Å². The lowest BCUT2D eigenvalue weighted by Gasteiger charge is -2.31. The normalized spacial score (nSPS) is 17.6. The van der Waals surface area contributed by atoms with Crippen LogP contribution in [0.15, 0.2) is 28.3 Å². The van der Waals surface area contributed by atoms with Crippen molar-refractivity contribution in [3.8, 4) is 0 Å². The van der Waals surface area contributed by atoms with Gasteiger partial charge < -0.3 is 19.8 Å². The van der Waals surface area contributed by atoms with Gasteiger partial charge in [0.25, 0.3) is 0 Å². The summed E-state index contributed by atoms with van der Waals surface area (Å²) in [5.74, 6) is -1.18. The smallest absolute Gasteiger partial charge is 0.341 e. The van der Waals surface area contributed by atoms with Crippen LogP contribution in [0.3, 0.4) is 0 Å². The van der Waals surface area contributed by atoms with E-state index < -0.39 is 11.4 Å². The zero-order valence-corrected chi connectivity index (χ0v) is 14.6. The maximum atomic E-state index is 12.6. The second-order valence-electron chi connectivity index (χ2n) is 7.07. The van der Waals surface area contributed by atoms with Gasteiger partial charge in [-0.3, -0.25) is 4.79 Å². The molecule has 2 fully saturated rings. The molecule has 0 bridgehead atoms. The Labute approximate surface area is 150 Å². The summed E-state index contributed by atoms with van der Waals surface area (Å²) in [7, 11) is 0. The molecular formula is C19H21N3O4. The highest BCUT2D eigenvalue weighted by Crippen LogP contribution is 2.39. The van der Waals surface area contributed by atoms with Gasteiger partial charge in [0.15, 0.2) is 0 Å². The summed E-state index contributed by atoms with van der Waals surface area (Å²) in [5.41, 5.74) is 3.09. The van der Waals surface area contributed by atoms with E-state index in [-0.39, 0.29) is 11.6 Å². The number of aryl methyl sites for hydroxylation is 1. The molecule has 1 aromatic carbocycles. The molecule has 2 aromatic rings. The number of pyridine rings is 1. The van der Waals surface area contributed by atoms with E-state index in [0.29, 0.717) is 18.2 Å². The third-order valence-corrected chi connectivity index (χ3v) is 5.41. The summed E-state index contributed by atoms with van der Waals surface area (Å²) >= 11 is 0. The molecule has 0 unspecified atom stereocenters. The van der Waals surface area contributed by atoms with E-state index >= 15 is 0 Å². The van der Waals surface area contributed by atoms with Crippen LogP contribution in [0, 0.1) is 6.92 Å². The van der Waals surface area contributed by atoms with Crippen molar-refractivity contribution >= 4 is 28.3 Å². The molecule has 26 heavy (non-hydrogen) atoms. The Bertz CT molecular complexity index is 978. The first kappa shape index (κ1) is 16.6. The van der Waals surface area contributed by atoms with Crippen molar-refractivity contribution < 1.29 is 15.1 Å². The van der Waals surface area contributed by atoms with Gasteiger partial charge in [-0.1, -0.05) is 5.16 Å². The molecule has 4 rings (SSSR count). The molecule has 1 aromatic heterocycles.